The predicted octanol–water partition coefficient (Wildman–Crippen LogP) is 4.19. The van der Waals surface area contributed by atoms with Crippen molar-refractivity contribution in [2.75, 3.05) is 20.7 Å². The molecule has 0 saturated heterocycles. The first kappa shape index (κ1) is 24.5. The van der Waals surface area contributed by atoms with Crippen LogP contribution in [0.25, 0.3) is 0 Å². The molecule has 0 fully saturated rings. The number of carbonyl (C=O) groups is 2. The highest BCUT2D eigenvalue weighted by molar-refractivity contribution is 6.03. The van der Waals surface area contributed by atoms with Crippen LogP contribution in [-0.2, 0) is 4.79 Å². The van der Waals surface area contributed by atoms with Crippen LogP contribution in [0.4, 0.5) is 10.1 Å². The van der Waals surface area contributed by atoms with E-state index in [2.05, 4.69) is 5.10 Å². The van der Waals surface area contributed by atoms with Gasteiger partial charge in [-0.1, -0.05) is 24.3 Å². The number of halogens is 1. The minimum absolute atomic E-state index is 0.109. The molecule has 0 saturated carbocycles. The fourth-order valence-electron chi connectivity index (χ4n) is 3.96. The molecule has 1 unspecified atom stereocenters. The first-order chi connectivity index (χ1) is 17.3. The number of nitro benzene ring substituents is 1. The fourth-order valence-corrected chi connectivity index (χ4v) is 3.96. The summed E-state index contributed by atoms with van der Waals surface area (Å²) in [7, 11) is 3.03. The summed E-state index contributed by atoms with van der Waals surface area (Å²) < 4.78 is 18.5. The lowest BCUT2D eigenvalue weighted by atomic mass is 9.98. The molecule has 4 rings (SSSR count). The molecule has 0 spiro atoms. The Labute approximate surface area is 206 Å². The lowest BCUT2D eigenvalue weighted by Gasteiger charge is -2.25. The van der Waals surface area contributed by atoms with Crippen LogP contribution in [-0.4, -0.2) is 53.1 Å². The fraction of sp³-hybridized carbons (Fsp3) is 0.192. The topological polar surface area (TPSA) is 105 Å². The zero-order valence-corrected chi connectivity index (χ0v) is 19.6. The van der Waals surface area contributed by atoms with E-state index in [4.69, 9.17) is 4.74 Å². The minimum Gasteiger partial charge on any atom is -0.497 e. The summed E-state index contributed by atoms with van der Waals surface area (Å²) in [6.45, 7) is -0.267. The van der Waals surface area contributed by atoms with Gasteiger partial charge in [-0.3, -0.25) is 19.7 Å². The number of hydrazone groups is 1. The summed E-state index contributed by atoms with van der Waals surface area (Å²) in [5.41, 5.74) is 1.97. The van der Waals surface area contributed by atoms with Gasteiger partial charge in [-0.25, -0.2) is 9.40 Å². The van der Waals surface area contributed by atoms with Crippen molar-refractivity contribution in [3.63, 3.8) is 0 Å². The summed E-state index contributed by atoms with van der Waals surface area (Å²) >= 11 is 0. The van der Waals surface area contributed by atoms with Crippen molar-refractivity contribution in [2.45, 2.75) is 12.5 Å². The van der Waals surface area contributed by atoms with Crippen molar-refractivity contribution in [3.8, 4) is 5.75 Å². The Morgan fingerprint density at radius 3 is 2.47 bits per heavy atom. The number of non-ortho nitro benzene ring substituents is 1. The zero-order valence-electron chi connectivity index (χ0n) is 19.6. The normalized spacial score (nSPS) is 14.8. The molecule has 184 valence electrons. The van der Waals surface area contributed by atoms with Crippen LogP contribution in [0.1, 0.15) is 33.9 Å². The van der Waals surface area contributed by atoms with Crippen LogP contribution in [0.2, 0.25) is 0 Å². The Morgan fingerprint density at radius 1 is 1.14 bits per heavy atom. The highest BCUT2D eigenvalue weighted by atomic mass is 19.1. The van der Waals surface area contributed by atoms with Crippen LogP contribution >= 0.6 is 0 Å². The third-order valence-electron chi connectivity index (χ3n) is 5.87. The number of likely N-dealkylation sites (N-methyl/N-ethyl adjacent to an activating group) is 1. The van der Waals surface area contributed by atoms with Crippen LogP contribution < -0.4 is 4.74 Å². The molecule has 0 aliphatic carbocycles. The standard InChI is InChI=1S/C26H23FN4O5/c1-29(26(33)18-8-12-22(36-2)13-9-18)16-25(32)30-24(19-4-3-5-21(14-19)31(34)35)15-23(28-30)17-6-10-20(27)11-7-17/h3-14,24H,15-16H2,1-2H3. The first-order valence-corrected chi connectivity index (χ1v) is 11.1. The highest BCUT2D eigenvalue weighted by Gasteiger charge is 2.34. The van der Waals surface area contributed by atoms with Gasteiger partial charge in [-0.15, -0.1) is 0 Å². The van der Waals surface area contributed by atoms with Gasteiger partial charge in [0, 0.05) is 31.2 Å². The number of nitro groups is 1. The van der Waals surface area contributed by atoms with Crippen molar-refractivity contribution in [1.29, 1.82) is 0 Å². The van der Waals surface area contributed by atoms with E-state index in [1.807, 2.05) is 0 Å². The summed E-state index contributed by atoms with van der Waals surface area (Å²) in [5, 5.41) is 17.0. The van der Waals surface area contributed by atoms with Gasteiger partial charge < -0.3 is 9.64 Å². The van der Waals surface area contributed by atoms with Crippen molar-refractivity contribution >= 4 is 23.2 Å². The minimum atomic E-state index is -0.623. The van der Waals surface area contributed by atoms with E-state index in [-0.39, 0.29) is 24.6 Å². The van der Waals surface area contributed by atoms with Crippen molar-refractivity contribution in [3.05, 3.63) is 105 Å². The molecule has 3 aromatic carbocycles. The maximum absolute atomic E-state index is 13.4. The van der Waals surface area contributed by atoms with Crippen LogP contribution in [0.5, 0.6) is 5.75 Å². The smallest absolute Gasteiger partial charge is 0.269 e. The quantitative estimate of drug-likeness (QED) is 0.365. The SMILES string of the molecule is COc1ccc(C(=O)N(C)CC(=O)N2N=C(c3ccc(F)cc3)CC2c2cccc([N+](=O)[O-])c2)cc1. The summed E-state index contributed by atoms with van der Waals surface area (Å²) in [4.78, 5) is 38.3. The van der Waals surface area contributed by atoms with Gasteiger partial charge in [0.25, 0.3) is 17.5 Å². The lowest BCUT2D eigenvalue weighted by molar-refractivity contribution is -0.385. The Hall–Kier alpha value is -4.60. The molecule has 3 aromatic rings. The van der Waals surface area contributed by atoms with Gasteiger partial charge in [0.15, 0.2) is 0 Å². The van der Waals surface area contributed by atoms with E-state index < -0.39 is 22.7 Å². The van der Waals surface area contributed by atoms with Crippen LogP contribution in [0.15, 0.2) is 77.9 Å². The molecular weight excluding hydrogens is 467 g/mol. The molecule has 0 bridgehead atoms. The maximum Gasteiger partial charge on any atom is 0.269 e. The molecular formula is C26H23FN4O5. The molecule has 1 heterocycles. The number of hydrogen-bond donors (Lipinski definition) is 0. The van der Waals surface area contributed by atoms with E-state index in [1.165, 1.54) is 48.3 Å². The molecule has 1 atom stereocenters. The molecule has 1 aliphatic heterocycles. The first-order valence-electron chi connectivity index (χ1n) is 11.1. The van der Waals surface area contributed by atoms with E-state index in [9.17, 15) is 24.1 Å². The molecule has 36 heavy (non-hydrogen) atoms. The van der Waals surface area contributed by atoms with Crippen molar-refractivity contribution < 1.29 is 23.6 Å². The van der Waals surface area contributed by atoms with E-state index >= 15 is 0 Å². The number of benzene rings is 3. The van der Waals surface area contributed by atoms with Gasteiger partial charge in [0.1, 0.15) is 18.1 Å². The van der Waals surface area contributed by atoms with E-state index in [1.54, 1.807) is 48.5 Å². The van der Waals surface area contributed by atoms with Crippen LogP contribution in [0.3, 0.4) is 0 Å². The number of ether oxygens (including phenoxy) is 1. The summed E-state index contributed by atoms with van der Waals surface area (Å²) in [6.07, 6.45) is 0.273. The van der Waals surface area contributed by atoms with E-state index in [0.29, 0.717) is 28.2 Å². The number of amides is 2. The highest BCUT2D eigenvalue weighted by Crippen LogP contribution is 2.34. The average Bonchev–Trinajstić information content (AvgIpc) is 3.34. The van der Waals surface area contributed by atoms with Gasteiger partial charge >= 0.3 is 0 Å². The number of rotatable bonds is 7. The Kier molecular flexibility index (Phi) is 7.05. The number of carbonyl (C=O) groups excluding carboxylic acids is 2. The number of hydrogen-bond acceptors (Lipinski definition) is 6. The van der Waals surface area contributed by atoms with Crippen LogP contribution in [0, 0.1) is 15.9 Å². The molecule has 0 N–H and O–H groups in total. The average molecular weight is 490 g/mol. The molecule has 0 radical (unpaired) electrons. The largest absolute Gasteiger partial charge is 0.497 e. The Morgan fingerprint density at radius 2 is 1.83 bits per heavy atom. The molecule has 0 aromatic heterocycles. The van der Waals surface area contributed by atoms with Gasteiger partial charge in [-0.2, -0.15) is 5.10 Å². The third-order valence-corrected chi connectivity index (χ3v) is 5.87. The Balaban J connectivity index is 1.60. The van der Waals surface area contributed by atoms with Gasteiger partial charge in [0.05, 0.1) is 23.8 Å². The second kappa shape index (κ2) is 10.3. The lowest BCUT2D eigenvalue weighted by Crippen LogP contribution is -2.39. The van der Waals surface area contributed by atoms with Crippen molar-refractivity contribution in [1.82, 2.24) is 9.91 Å². The molecule has 10 heteroatoms. The molecule has 1 aliphatic rings. The van der Waals surface area contributed by atoms with Gasteiger partial charge in [0.2, 0.25) is 0 Å². The van der Waals surface area contributed by atoms with E-state index in [0.717, 1.165) is 0 Å². The molecule has 9 nitrogen and oxygen atoms in total. The summed E-state index contributed by atoms with van der Waals surface area (Å²) in [5.74, 6) is -0.628. The maximum atomic E-state index is 13.4. The summed E-state index contributed by atoms with van der Waals surface area (Å²) in [6, 6.07) is 17.6. The zero-order chi connectivity index (χ0) is 25.8. The third kappa shape index (κ3) is 5.22. The molecule has 2 amide bonds. The second-order valence-corrected chi connectivity index (χ2v) is 8.25. The number of nitrogens with zero attached hydrogens (tertiary/aromatic N) is 4. The Bertz CT molecular complexity index is 1320. The van der Waals surface area contributed by atoms with Gasteiger partial charge in [-0.05, 0) is 47.5 Å². The second-order valence-electron chi connectivity index (χ2n) is 8.25. The number of methoxy groups -OCH3 is 1. The monoisotopic (exact) mass is 490 g/mol. The predicted molar refractivity (Wildman–Crippen MR) is 130 cm³/mol. The van der Waals surface area contributed by atoms with Crippen molar-refractivity contribution in [2.24, 2.45) is 5.10 Å².